The molecule has 0 saturated carbocycles. The Kier molecular flexibility index (Phi) is 4.40. The molecule has 2 N–H and O–H groups in total. The summed E-state index contributed by atoms with van der Waals surface area (Å²) in [6.07, 6.45) is 4.35. The maximum atomic E-state index is 12.0. The van der Waals surface area contributed by atoms with Crippen LogP contribution >= 0.6 is 0 Å². The summed E-state index contributed by atoms with van der Waals surface area (Å²) < 4.78 is 7.02. The molecule has 0 aliphatic carbocycles. The second-order valence-corrected chi connectivity index (χ2v) is 4.83. The van der Waals surface area contributed by atoms with Gasteiger partial charge in [-0.2, -0.15) is 5.10 Å². The number of anilines is 1. The molecule has 1 unspecified atom stereocenters. The molecule has 0 spiro atoms. The number of ether oxygens (including phenoxy) is 1. The smallest absolute Gasteiger partial charge is 0.313 e. The van der Waals surface area contributed by atoms with E-state index in [0.29, 0.717) is 18.7 Å². The molecule has 1 heterocycles. The van der Waals surface area contributed by atoms with Crippen molar-refractivity contribution in [3.63, 3.8) is 0 Å². The van der Waals surface area contributed by atoms with E-state index < -0.39 is 0 Å². The van der Waals surface area contributed by atoms with Crippen molar-refractivity contribution < 1.29 is 9.53 Å². The van der Waals surface area contributed by atoms with Gasteiger partial charge in [0.1, 0.15) is 0 Å². The number of aromatic nitrogens is 2. The molecule has 2 rings (SSSR count). The zero-order valence-electron chi connectivity index (χ0n) is 11.7. The number of rotatable bonds is 5. The fourth-order valence-electron chi connectivity index (χ4n) is 1.96. The molecule has 0 bridgehead atoms. The molecular weight excluding hydrogens is 254 g/mol. The van der Waals surface area contributed by atoms with Crippen molar-refractivity contribution in [1.82, 2.24) is 9.78 Å². The van der Waals surface area contributed by atoms with Crippen molar-refractivity contribution >= 4 is 11.7 Å². The standard InChI is InChI=1S/C15H19N3O2/c1-11(13-4-3-5-14(16)8-13)15(19)20-7-6-12-9-17-18(2)10-12/h3-5,8-11H,6-7,16H2,1-2H3. The first-order valence-electron chi connectivity index (χ1n) is 6.56. The molecule has 2 aromatic rings. The summed E-state index contributed by atoms with van der Waals surface area (Å²) >= 11 is 0. The molecule has 1 atom stereocenters. The molecular formula is C15H19N3O2. The van der Waals surface area contributed by atoms with Crippen LogP contribution < -0.4 is 5.73 Å². The minimum absolute atomic E-state index is 0.237. The van der Waals surface area contributed by atoms with Gasteiger partial charge in [0.2, 0.25) is 0 Å². The van der Waals surface area contributed by atoms with Crippen LogP contribution in [0.5, 0.6) is 0 Å². The number of nitrogens with two attached hydrogens (primary N) is 1. The SMILES string of the molecule is CC(C(=O)OCCc1cnn(C)c1)c1cccc(N)c1. The molecule has 0 aliphatic rings. The fourth-order valence-corrected chi connectivity index (χ4v) is 1.96. The first-order valence-corrected chi connectivity index (χ1v) is 6.56. The Morgan fingerprint density at radius 1 is 1.50 bits per heavy atom. The van der Waals surface area contributed by atoms with Gasteiger partial charge in [0.25, 0.3) is 0 Å². The Bertz CT molecular complexity index is 592. The Balaban J connectivity index is 1.85. The van der Waals surface area contributed by atoms with Crippen LogP contribution in [0.25, 0.3) is 0 Å². The van der Waals surface area contributed by atoms with Crippen molar-refractivity contribution in [1.29, 1.82) is 0 Å². The molecule has 5 heteroatoms. The zero-order chi connectivity index (χ0) is 14.5. The average Bonchev–Trinajstić information content (AvgIpc) is 2.83. The third-order valence-corrected chi connectivity index (χ3v) is 3.16. The van der Waals surface area contributed by atoms with Gasteiger partial charge < -0.3 is 10.5 Å². The molecule has 5 nitrogen and oxygen atoms in total. The van der Waals surface area contributed by atoms with Gasteiger partial charge in [-0.15, -0.1) is 0 Å². The van der Waals surface area contributed by atoms with Crippen molar-refractivity contribution in [3.05, 3.63) is 47.8 Å². The third kappa shape index (κ3) is 3.60. The van der Waals surface area contributed by atoms with E-state index in [0.717, 1.165) is 11.1 Å². The van der Waals surface area contributed by atoms with Crippen LogP contribution in [0.4, 0.5) is 5.69 Å². The summed E-state index contributed by atoms with van der Waals surface area (Å²) in [6.45, 7) is 2.18. The number of hydrogen-bond acceptors (Lipinski definition) is 4. The highest BCUT2D eigenvalue weighted by Gasteiger charge is 2.16. The van der Waals surface area contributed by atoms with E-state index in [1.165, 1.54) is 0 Å². The number of carbonyl (C=O) groups is 1. The van der Waals surface area contributed by atoms with E-state index in [2.05, 4.69) is 5.10 Å². The highest BCUT2D eigenvalue weighted by atomic mass is 16.5. The first kappa shape index (κ1) is 14.1. The van der Waals surface area contributed by atoms with Gasteiger partial charge in [-0.3, -0.25) is 9.48 Å². The predicted octanol–water partition coefficient (Wildman–Crippen LogP) is 1.89. The van der Waals surface area contributed by atoms with Crippen molar-refractivity contribution in [2.24, 2.45) is 7.05 Å². The lowest BCUT2D eigenvalue weighted by Crippen LogP contribution is -2.15. The summed E-state index contributed by atoms with van der Waals surface area (Å²) in [5.74, 6) is -0.549. The average molecular weight is 273 g/mol. The lowest BCUT2D eigenvalue weighted by atomic mass is 10.0. The number of esters is 1. The summed E-state index contributed by atoms with van der Waals surface area (Å²) in [4.78, 5) is 12.0. The van der Waals surface area contributed by atoms with Crippen molar-refractivity contribution in [2.75, 3.05) is 12.3 Å². The predicted molar refractivity (Wildman–Crippen MR) is 77.1 cm³/mol. The van der Waals surface area contributed by atoms with Gasteiger partial charge in [0, 0.05) is 25.4 Å². The first-order chi connectivity index (χ1) is 9.56. The number of hydrogen-bond donors (Lipinski definition) is 1. The number of nitrogen functional groups attached to an aromatic ring is 1. The number of benzene rings is 1. The monoisotopic (exact) mass is 273 g/mol. The Labute approximate surface area is 118 Å². The quantitative estimate of drug-likeness (QED) is 0.667. The Hall–Kier alpha value is -2.30. The summed E-state index contributed by atoms with van der Waals surface area (Å²) in [5, 5.41) is 4.07. The molecule has 20 heavy (non-hydrogen) atoms. The van der Waals surface area contributed by atoms with Gasteiger partial charge in [-0.05, 0) is 30.2 Å². The molecule has 1 aromatic carbocycles. The van der Waals surface area contributed by atoms with E-state index >= 15 is 0 Å². The maximum absolute atomic E-state index is 12.0. The lowest BCUT2D eigenvalue weighted by Gasteiger charge is -2.12. The van der Waals surface area contributed by atoms with Crippen LogP contribution in [0, 0.1) is 0 Å². The Morgan fingerprint density at radius 3 is 2.95 bits per heavy atom. The largest absolute Gasteiger partial charge is 0.465 e. The van der Waals surface area contributed by atoms with E-state index in [1.807, 2.05) is 32.3 Å². The van der Waals surface area contributed by atoms with E-state index in [4.69, 9.17) is 10.5 Å². The summed E-state index contributed by atoms with van der Waals surface area (Å²) in [7, 11) is 1.86. The molecule has 0 fully saturated rings. The summed E-state index contributed by atoms with van der Waals surface area (Å²) in [6, 6.07) is 7.31. The fraction of sp³-hybridized carbons (Fsp3) is 0.333. The molecule has 0 saturated heterocycles. The van der Waals surface area contributed by atoms with E-state index in [-0.39, 0.29) is 11.9 Å². The minimum Gasteiger partial charge on any atom is -0.465 e. The van der Waals surface area contributed by atoms with Gasteiger partial charge in [0.15, 0.2) is 0 Å². The second-order valence-electron chi connectivity index (χ2n) is 4.83. The third-order valence-electron chi connectivity index (χ3n) is 3.16. The normalized spacial score (nSPS) is 12.1. The maximum Gasteiger partial charge on any atom is 0.313 e. The molecule has 0 amide bonds. The number of aryl methyl sites for hydroxylation is 1. The highest BCUT2D eigenvalue weighted by Crippen LogP contribution is 2.19. The summed E-state index contributed by atoms with van der Waals surface area (Å²) in [5.41, 5.74) is 8.29. The van der Waals surface area contributed by atoms with Crippen LogP contribution in [0.15, 0.2) is 36.7 Å². The number of nitrogens with zero attached hydrogens (tertiary/aromatic N) is 2. The van der Waals surface area contributed by atoms with Crippen LogP contribution in [0.2, 0.25) is 0 Å². The van der Waals surface area contributed by atoms with Crippen molar-refractivity contribution in [2.45, 2.75) is 19.3 Å². The molecule has 106 valence electrons. The van der Waals surface area contributed by atoms with Crippen LogP contribution in [-0.2, 0) is 23.0 Å². The zero-order valence-corrected chi connectivity index (χ0v) is 11.7. The van der Waals surface area contributed by atoms with Crippen LogP contribution in [0.1, 0.15) is 24.0 Å². The molecule has 0 aliphatic heterocycles. The molecule has 0 radical (unpaired) electrons. The topological polar surface area (TPSA) is 70.1 Å². The second kappa shape index (κ2) is 6.23. The highest BCUT2D eigenvalue weighted by molar-refractivity contribution is 5.78. The van der Waals surface area contributed by atoms with Crippen LogP contribution in [0.3, 0.4) is 0 Å². The molecule has 1 aromatic heterocycles. The van der Waals surface area contributed by atoms with Crippen molar-refractivity contribution in [3.8, 4) is 0 Å². The Morgan fingerprint density at radius 2 is 2.30 bits per heavy atom. The van der Waals surface area contributed by atoms with Gasteiger partial charge in [0.05, 0.1) is 18.7 Å². The lowest BCUT2D eigenvalue weighted by molar-refractivity contribution is -0.144. The van der Waals surface area contributed by atoms with Gasteiger partial charge >= 0.3 is 5.97 Å². The van der Waals surface area contributed by atoms with E-state index in [1.54, 1.807) is 23.0 Å². The van der Waals surface area contributed by atoms with Gasteiger partial charge in [-0.1, -0.05) is 12.1 Å². The minimum atomic E-state index is -0.313. The number of carbonyl (C=O) groups excluding carboxylic acids is 1. The van der Waals surface area contributed by atoms with Gasteiger partial charge in [-0.25, -0.2) is 0 Å². The van der Waals surface area contributed by atoms with Crippen LogP contribution in [-0.4, -0.2) is 22.4 Å². The van der Waals surface area contributed by atoms with E-state index in [9.17, 15) is 4.79 Å².